The third-order valence-corrected chi connectivity index (χ3v) is 6.57. The molecule has 41 heavy (non-hydrogen) atoms. The van der Waals surface area contributed by atoms with Crippen LogP contribution in [0.4, 0.5) is 4.79 Å². The zero-order valence-corrected chi connectivity index (χ0v) is 24.1. The van der Waals surface area contributed by atoms with Crippen molar-refractivity contribution in [3.8, 4) is 5.75 Å². The maximum atomic E-state index is 12.9. The summed E-state index contributed by atoms with van der Waals surface area (Å²) in [6, 6.07) is 13.6. The highest BCUT2D eigenvalue weighted by Crippen LogP contribution is 2.31. The van der Waals surface area contributed by atoms with Crippen molar-refractivity contribution in [2.45, 2.75) is 70.6 Å². The topological polar surface area (TPSA) is 143 Å². The molecule has 0 heterocycles. The first-order valence-corrected chi connectivity index (χ1v) is 13.7. The number of rotatable bonds is 13. The van der Waals surface area contributed by atoms with Gasteiger partial charge >= 0.3 is 18.0 Å². The van der Waals surface area contributed by atoms with Crippen molar-refractivity contribution in [2.24, 2.45) is 0 Å². The van der Waals surface area contributed by atoms with Crippen LogP contribution in [0.15, 0.2) is 59.8 Å². The van der Waals surface area contributed by atoms with Gasteiger partial charge in [-0.25, -0.2) is 14.4 Å². The second-order valence-electron chi connectivity index (χ2n) is 11.0. The Morgan fingerprint density at radius 2 is 1.68 bits per heavy atom. The molecule has 1 unspecified atom stereocenters. The molecular weight excluding hydrogens is 528 g/mol. The van der Waals surface area contributed by atoms with Crippen molar-refractivity contribution >= 4 is 18.0 Å². The maximum absolute atomic E-state index is 12.9. The molecule has 0 bridgehead atoms. The van der Waals surface area contributed by atoms with E-state index in [1.165, 1.54) is 24.8 Å². The molecule has 1 aliphatic carbocycles. The summed E-state index contributed by atoms with van der Waals surface area (Å²) in [5.74, 6) is -1.79. The van der Waals surface area contributed by atoms with Crippen molar-refractivity contribution in [2.75, 3.05) is 20.3 Å². The third-order valence-electron chi connectivity index (χ3n) is 6.57. The number of carbonyl (C=O) groups is 3. The van der Waals surface area contributed by atoms with Gasteiger partial charge in [-0.3, -0.25) is 0 Å². The molecule has 0 aromatic heterocycles. The summed E-state index contributed by atoms with van der Waals surface area (Å²) >= 11 is 0. The Morgan fingerprint density at radius 1 is 0.976 bits per heavy atom. The van der Waals surface area contributed by atoms with Crippen molar-refractivity contribution in [3.05, 3.63) is 76.5 Å². The summed E-state index contributed by atoms with van der Waals surface area (Å²) in [6.07, 6.45) is 3.05. The Bertz CT molecular complexity index is 1230. The molecule has 10 nitrogen and oxygen atoms in total. The highest BCUT2D eigenvalue weighted by molar-refractivity contribution is 5.91. The maximum Gasteiger partial charge on any atom is 0.408 e. The fraction of sp³-hybridized carbons (Fsp3) is 0.452. The van der Waals surface area contributed by atoms with E-state index in [0.29, 0.717) is 18.4 Å². The van der Waals surface area contributed by atoms with Crippen molar-refractivity contribution in [3.63, 3.8) is 0 Å². The van der Waals surface area contributed by atoms with Crippen molar-refractivity contribution in [1.82, 2.24) is 10.6 Å². The largest absolute Gasteiger partial charge is 0.481 e. The van der Waals surface area contributed by atoms with Crippen LogP contribution in [-0.4, -0.2) is 66.3 Å². The number of allylic oxidation sites excluding steroid dienone is 1. The summed E-state index contributed by atoms with van der Waals surface area (Å²) in [4.78, 5) is 36.2. The number of aromatic carboxylic acids is 1. The van der Waals surface area contributed by atoms with Gasteiger partial charge in [-0.15, -0.1) is 0 Å². The van der Waals surface area contributed by atoms with Gasteiger partial charge in [0.15, 0.2) is 6.61 Å². The summed E-state index contributed by atoms with van der Waals surface area (Å²) in [6.45, 7) is 4.77. The zero-order valence-electron chi connectivity index (χ0n) is 24.1. The Balaban J connectivity index is 1.85. The second kappa shape index (κ2) is 14.5. The molecule has 2 aromatic rings. The van der Waals surface area contributed by atoms with E-state index in [2.05, 4.69) is 15.4 Å². The number of hydrogen-bond donors (Lipinski definition) is 4. The molecule has 2 atom stereocenters. The van der Waals surface area contributed by atoms with Crippen LogP contribution in [0.5, 0.6) is 5.75 Å². The van der Waals surface area contributed by atoms with Crippen LogP contribution in [0.3, 0.4) is 0 Å². The van der Waals surface area contributed by atoms with E-state index in [-0.39, 0.29) is 17.9 Å². The molecule has 222 valence electrons. The van der Waals surface area contributed by atoms with Gasteiger partial charge in [-0.1, -0.05) is 36.4 Å². The standard InChI is InChI=1S/C31H40N2O8/c1-31(2,3)41-30(38)33-25(17-20-9-6-5-7-10-20)28(22-11-8-12-22)32-23(18-34)15-21-13-14-26(24(16-21)29(36)37)40-19-27(35)39-4/h5-7,9-10,13-14,16,23,25,32,34H,8,11-12,15,17-19H2,1-4H3,(H,33,38)(H,36,37)/t23?,25-/m0/s1. The lowest BCUT2D eigenvalue weighted by atomic mass is 9.86. The number of aliphatic hydroxyl groups excluding tert-OH is 1. The molecule has 3 rings (SSSR count). The molecule has 0 radical (unpaired) electrons. The Labute approximate surface area is 240 Å². The van der Waals surface area contributed by atoms with Crippen LogP contribution >= 0.6 is 0 Å². The lowest BCUT2D eigenvalue weighted by Gasteiger charge is -2.33. The highest BCUT2D eigenvalue weighted by Gasteiger charge is 2.28. The average Bonchev–Trinajstić information content (AvgIpc) is 2.89. The lowest BCUT2D eigenvalue weighted by molar-refractivity contribution is -0.142. The molecule has 0 spiro atoms. The van der Waals surface area contributed by atoms with E-state index in [0.717, 1.165) is 30.5 Å². The predicted molar refractivity (Wildman–Crippen MR) is 153 cm³/mol. The first kappa shape index (κ1) is 31.5. The number of alkyl carbamates (subject to hydrolysis) is 1. The molecule has 1 aliphatic rings. The van der Waals surface area contributed by atoms with E-state index < -0.39 is 42.3 Å². The van der Waals surface area contributed by atoms with E-state index in [4.69, 9.17) is 9.47 Å². The van der Waals surface area contributed by atoms with Crippen LogP contribution in [0.1, 0.15) is 61.5 Å². The van der Waals surface area contributed by atoms with Crippen LogP contribution < -0.4 is 15.4 Å². The highest BCUT2D eigenvalue weighted by atomic mass is 16.6. The van der Waals surface area contributed by atoms with E-state index in [1.807, 2.05) is 30.3 Å². The number of methoxy groups -OCH3 is 1. The summed E-state index contributed by atoms with van der Waals surface area (Å²) < 4.78 is 15.4. The molecular formula is C31H40N2O8. The number of esters is 1. The van der Waals surface area contributed by atoms with Crippen LogP contribution in [0, 0.1) is 0 Å². The van der Waals surface area contributed by atoms with Gasteiger partial charge < -0.3 is 35.1 Å². The van der Waals surface area contributed by atoms with Gasteiger partial charge in [0.05, 0.1) is 25.8 Å². The minimum absolute atomic E-state index is 0.0434. The normalized spacial score (nSPS) is 14.2. The predicted octanol–water partition coefficient (Wildman–Crippen LogP) is 4.00. The van der Waals surface area contributed by atoms with Crippen LogP contribution in [0.2, 0.25) is 0 Å². The SMILES string of the molecule is COC(=O)COc1ccc(CC(CO)NC(=C2CCC2)[C@H](Cc2ccccc2)NC(=O)OC(C)(C)C)cc1C(=O)O. The Morgan fingerprint density at radius 3 is 2.24 bits per heavy atom. The molecule has 4 N–H and O–H groups in total. The van der Waals surface area contributed by atoms with E-state index in [1.54, 1.807) is 26.8 Å². The second-order valence-corrected chi connectivity index (χ2v) is 11.0. The quantitative estimate of drug-likeness (QED) is 0.264. The van der Waals surface area contributed by atoms with E-state index >= 15 is 0 Å². The molecule has 1 amide bonds. The molecule has 10 heteroatoms. The number of carbonyl (C=O) groups excluding carboxylic acids is 2. The Hall–Kier alpha value is -4.05. The number of hydrogen-bond acceptors (Lipinski definition) is 8. The molecule has 0 saturated heterocycles. The first-order chi connectivity index (χ1) is 19.5. The molecule has 1 saturated carbocycles. The number of carboxylic acids is 1. The van der Waals surface area contributed by atoms with Crippen molar-refractivity contribution in [1.29, 1.82) is 0 Å². The van der Waals surface area contributed by atoms with Gasteiger partial charge in [0.1, 0.15) is 16.9 Å². The third kappa shape index (κ3) is 9.82. The molecule has 1 fully saturated rings. The fourth-order valence-electron chi connectivity index (χ4n) is 4.46. The lowest BCUT2D eigenvalue weighted by Crippen LogP contribution is -2.48. The number of amides is 1. The molecule has 2 aromatic carbocycles. The summed E-state index contributed by atoms with van der Waals surface area (Å²) in [5, 5.41) is 26.6. The summed E-state index contributed by atoms with van der Waals surface area (Å²) in [5.41, 5.74) is 2.91. The first-order valence-electron chi connectivity index (χ1n) is 13.7. The number of benzene rings is 2. The average molecular weight is 569 g/mol. The minimum atomic E-state index is -1.21. The smallest absolute Gasteiger partial charge is 0.408 e. The van der Waals surface area contributed by atoms with E-state index in [9.17, 15) is 24.6 Å². The van der Waals surface area contributed by atoms with Crippen molar-refractivity contribution < 1.29 is 38.8 Å². The summed E-state index contributed by atoms with van der Waals surface area (Å²) in [7, 11) is 1.22. The van der Waals surface area contributed by atoms with Crippen LogP contribution in [0.25, 0.3) is 0 Å². The number of carboxylic acid groups (broad SMARTS) is 1. The zero-order chi connectivity index (χ0) is 30.0. The van der Waals surface area contributed by atoms with Gasteiger partial charge in [-0.05, 0) is 81.7 Å². The fourth-order valence-corrected chi connectivity index (χ4v) is 4.46. The minimum Gasteiger partial charge on any atom is -0.481 e. The number of nitrogens with one attached hydrogen (secondary N) is 2. The monoisotopic (exact) mass is 568 g/mol. The van der Waals surface area contributed by atoms with Gasteiger partial charge in [-0.2, -0.15) is 0 Å². The van der Waals surface area contributed by atoms with Crippen LogP contribution in [-0.2, 0) is 27.1 Å². The van der Waals surface area contributed by atoms with Gasteiger partial charge in [0.2, 0.25) is 0 Å². The van der Waals surface area contributed by atoms with Gasteiger partial charge in [0, 0.05) is 5.70 Å². The Kier molecular flexibility index (Phi) is 11.2. The molecule has 0 aliphatic heterocycles. The number of aliphatic hydroxyl groups is 1. The number of ether oxygens (including phenoxy) is 3. The van der Waals surface area contributed by atoms with Gasteiger partial charge in [0.25, 0.3) is 0 Å².